The van der Waals surface area contributed by atoms with Crippen molar-refractivity contribution in [3.63, 3.8) is 0 Å². The smallest absolute Gasteiger partial charge is 0.358 e. The van der Waals surface area contributed by atoms with Crippen molar-refractivity contribution in [3.8, 4) is 0 Å². The summed E-state index contributed by atoms with van der Waals surface area (Å²) in [4.78, 5) is 28.1. The molecule has 2 aromatic rings. The van der Waals surface area contributed by atoms with Crippen molar-refractivity contribution >= 4 is 34.4 Å². The van der Waals surface area contributed by atoms with Crippen molar-refractivity contribution in [3.05, 3.63) is 40.8 Å². The van der Waals surface area contributed by atoms with E-state index < -0.39 is 5.97 Å². The van der Waals surface area contributed by atoms with E-state index in [0.717, 1.165) is 0 Å². The topological polar surface area (TPSA) is 81.4 Å². The number of hydrogen-bond donors (Lipinski definition) is 1. The van der Waals surface area contributed by atoms with Crippen LogP contribution in [0.25, 0.3) is 6.08 Å². The Morgan fingerprint density at radius 1 is 1.52 bits per heavy atom. The molecule has 0 fully saturated rings. The largest absolute Gasteiger partial charge is 0.465 e. The molecule has 0 saturated carbocycles. The Morgan fingerprint density at radius 3 is 3.00 bits per heavy atom. The van der Waals surface area contributed by atoms with E-state index in [4.69, 9.17) is 9.15 Å². The highest BCUT2D eigenvalue weighted by Crippen LogP contribution is 2.22. The minimum atomic E-state index is -0.488. The van der Waals surface area contributed by atoms with Crippen molar-refractivity contribution in [2.45, 2.75) is 13.8 Å². The maximum atomic E-state index is 11.7. The quantitative estimate of drug-likeness (QED) is 0.678. The highest BCUT2D eigenvalue weighted by Gasteiger charge is 2.17. The zero-order chi connectivity index (χ0) is 15.2. The Morgan fingerprint density at radius 2 is 2.33 bits per heavy atom. The molecular formula is C14H14N2O4S. The average molecular weight is 306 g/mol. The number of hydrogen-bond acceptors (Lipinski definition) is 6. The molecule has 0 aliphatic rings. The molecular weight excluding hydrogens is 292 g/mol. The Kier molecular flexibility index (Phi) is 4.89. The fourth-order valence-corrected chi connectivity index (χ4v) is 2.33. The number of aryl methyl sites for hydroxylation is 1. The van der Waals surface area contributed by atoms with Crippen molar-refractivity contribution in [1.82, 2.24) is 4.98 Å². The Bertz CT molecular complexity index is 659. The van der Waals surface area contributed by atoms with Crippen molar-refractivity contribution < 1.29 is 18.7 Å². The first-order valence-electron chi connectivity index (χ1n) is 6.27. The number of esters is 1. The third-order valence-corrected chi connectivity index (χ3v) is 3.32. The second kappa shape index (κ2) is 6.85. The summed E-state index contributed by atoms with van der Waals surface area (Å²) in [5.74, 6) is -0.263. The molecule has 0 spiro atoms. The van der Waals surface area contributed by atoms with Crippen LogP contribution in [0.4, 0.5) is 5.13 Å². The van der Waals surface area contributed by atoms with E-state index in [1.165, 1.54) is 23.7 Å². The van der Waals surface area contributed by atoms with Crippen LogP contribution in [0.2, 0.25) is 0 Å². The van der Waals surface area contributed by atoms with Crippen molar-refractivity contribution in [1.29, 1.82) is 0 Å². The highest BCUT2D eigenvalue weighted by atomic mass is 32.1. The molecule has 1 amide bonds. The molecule has 2 rings (SSSR count). The van der Waals surface area contributed by atoms with Gasteiger partial charge in [-0.05, 0) is 32.1 Å². The van der Waals surface area contributed by atoms with Gasteiger partial charge in [0.2, 0.25) is 5.91 Å². The van der Waals surface area contributed by atoms with E-state index in [1.54, 1.807) is 32.1 Å². The van der Waals surface area contributed by atoms with Crippen LogP contribution in [0.5, 0.6) is 0 Å². The van der Waals surface area contributed by atoms with Crippen LogP contribution in [0, 0.1) is 6.92 Å². The first kappa shape index (κ1) is 15.0. The van der Waals surface area contributed by atoms with Gasteiger partial charge in [0.25, 0.3) is 0 Å². The molecule has 0 aliphatic carbocycles. The van der Waals surface area contributed by atoms with E-state index >= 15 is 0 Å². The molecule has 6 nitrogen and oxygen atoms in total. The number of rotatable bonds is 5. The van der Waals surface area contributed by atoms with E-state index in [0.29, 0.717) is 15.8 Å². The number of ether oxygens (including phenoxy) is 1. The minimum absolute atomic E-state index is 0.229. The summed E-state index contributed by atoms with van der Waals surface area (Å²) < 4.78 is 9.96. The summed E-state index contributed by atoms with van der Waals surface area (Å²) >= 11 is 1.22. The minimum Gasteiger partial charge on any atom is -0.465 e. The van der Waals surface area contributed by atoms with Crippen molar-refractivity contribution in [2.24, 2.45) is 0 Å². The number of nitrogens with zero attached hydrogens (tertiary/aromatic N) is 1. The molecule has 0 aromatic carbocycles. The Hall–Kier alpha value is -2.41. The third kappa shape index (κ3) is 4.03. The molecule has 0 radical (unpaired) electrons. The van der Waals surface area contributed by atoms with Crippen LogP contribution in [0.1, 0.15) is 28.0 Å². The Labute approximate surface area is 125 Å². The van der Waals surface area contributed by atoms with Crippen LogP contribution >= 0.6 is 11.3 Å². The van der Waals surface area contributed by atoms with E-state index in [2.05, 4.69) is 10.3 Å². The SMILES string of the molecule is CCOC(=O)c1nc(NC(=O)C=Cc2ccco2)sc1C. The summed E-state index contributed by atoms with van der Waals surface area (Å²) in [6.45, 7) is 3.75. The zero-order valence-corrected chi connectivity index (χ0v) is 12.4. The first-order chi connectivity index (χ1) is 10.1. The molecule has 110 valence electrons. The molecule has 2 heterocycles. The van der Waals surface area contributed by atoms with E-state index in [-0.39, 0.29) is 18.2 Å². The fraction of sp³-hybridized carbons (Fsp3) is 0.214. The number of nitrogens with one attached hydrogen (secondary N) is 1. The molecule has 0 unspecified atom stereocenters. The number of carbonyl (C=O) groups excluding carboxylic acids is 2. The summed E-state index contributed by atoms with van der Waals surface area (Å²) in [5, 5.41) is 2.95. The van der Waals surface area contributed by atoms with Gasteiger partial charge in [0.15, 0.2) is 10.8 Å². The second-order valence-electron chi connectivity index (χ2n) is 3.98. The molecule has 2 aromatic heterocycles. The van der Waals surface area contributed by atoms with Crippen LogP contribution < -0.4 is 5.32 Å². The standard InChI is InChI=1S/C14H14N2O4S/c1-3-19-13(18)12-9(2)21-14(16-12)15-11(17)7-6-10-5-4-8-20-10/h4-8H,3H2,1-2H3,(H,15,16,17). The number of amides is 1. The lowest BCUT2D eigenvalue weighted by molar-refractivity contribution is -0.111. The zero-order valence-electron chi connectivity index (χ0n) is 11.6. The highest BCUT2D eigenvalue weighted by molar-refractivity contribution is 7.16. The lowest BCUT2D eigenvalue weighted by atomic mass is 10.4. The lowest BCUT2D eigenvalue weighted by Gasteiger charge is -1.98. The number of aromatic nitrogens is 1. The monoisotopic (exact) mass is 306 g/mol. The van der Waals surface area contributed by atoms with Gasteiger partial charge < -0.3 is 9.15 Å². The van der Waals surface area contributed by atoms with Gasteiger partial charge in [0.1, 0.15) is 5.76 Å². The molecule has 1 N–H and O–H groups in total. The molecule has 0 atom stereocenters. The maximum Gasteiger partial charge on any atom is 0.358 e. The molecule has 0 bridgehead atoms. The number of anilines is 1. The summed E-state index contributed by atoms with van der Waals surface area (Å²) in [7, 11) is 0. The predicted molar refractivity (Wildman–Crippen MR) is 79.2 cm³/mol. The van der Waals surface area contributed by atoms with Crippen LogP contribution in [-0.4, -0.2) is 23.5 Å². The number of carbonyl (C=O) groups is 2. The summed E-state index contributed by atoms with van der Waals surface area (Å²) in [6, 6.07) is 3.46. The van der Waals surface area contributed by atoms with Gasteiger partial charge in [-0.1, -0.05) is 0 Å². The predicted octanol–water partition coefficient (Wildman–Crippen LogP) is 2.87. The summed E-state index contributed by atoms with van der Waals surface area (Å²) in [6.07, 6.45) is 4.40. The van der Waals surface area contributed by atoms with E-state index in [9.17, 15) is 9.59 Å². The van der Waals surface area contributed by atoms with Crippen LogP contribution in [0.3, 0.4) is 0 Å². The fourth-order valence-electron chi connectivity index (χ4n) is 1.53. The van der Waals surface area contributed by atoms with Gasteiger partial charge in [0.05, 0.1) is 12.9 Å². The third-order valence-electron chi connectivity index (χ3n) is 2.44. The second-order valence-corrected chi connectivity index (χ2v) is 5.19. The van der Waals surface area contributed by atoms with Gasteiger partial charge in [0, 0.05) is 11.0 Å². The van der Waals surface area contributed by atoms with Gasteiger partial charge in [-0.3, -0.25) is 10.1 Å². The molecule has 7 heteroatoms. The van der Waals surface area contributed by atoms with Crippen LogP contribution in [0.15, 0.2) is 28.9 Å². The van der Waals surface area contributed by atoms with E-state index in [1.807, 2.05) is 0 Å². The maximum absolute atomic E-state index is 11.7. The number of furan rings is 1. The molecule has 0 saturated heterocycles. The normalized spacial score (nSPS) is 10.8. The number of thiazole rings is 1. The molecule has 0 aliphatic heterocycles. The first-order valence-corrected chi connectivity index (χ1v) is 7.09. The van der Waals surface area contributed by atoms with Gasteiger partial charge >= 0.3 is 5.97 Å². The Balaban J connectivity index is 2.01. The van der Waals surface area contributed by atoms with Gasteiger partial charge in [-0.15, -0.1) is 11.3 Å². The molecule has 21 heavy (non-hydrogen) atoms. The van der Waals surface area contributed by atoms with Gasteiger partial charge in [-0.25, -0.2) is 9.78 Å². The van der Waals surface area contributed by atoms with Crippen molar-refractivity contribution in [2.75, 3.05) is 11.9 Å². The lowest BCUT2D eigenvalue weighted by Crippen LogP contribution is -2.09. The van der Waals surface area contributed by atoms with Crippen LogP contribution in [-0.2, 0) is 9.53 Å². The van der Waals surface area contributed by atoms with Gasteiger partial charge in [-0.2, -0.15) is 0 Å². The average Bonchev–Trinajstić information content (AvgIpc) is 3.06. The summed E-state index contributed by atoms with van der Waals surface area (Å²) in [5.41, 5.74) is 0.229.